The number of carbonyl (C=O) groups is 1. The number of amides is 1. The minimum Gasteiger partial charge on any atom is -0.483 e. The molecule has 0 saturated carbocycles. The first-order valence-corrected chi connectivity index (χ1v) is 14.1. The molecule has 2 atom stereocenters. The third-order valence-corrected chi connectivity index (χ3v) is 7.81. The molecule has 1 amide bonds. The van der Waals surface area contributed by atoms with Crippen molar-refractivity contribution in [1.82, 2.24) is 19.8 Å². The molecule has 2 N–H and O–H groups in total. The molecule has 42 heavy (non-hydrogen) atoms. The number of aromatic nitrogens is 2. The van der Waals surface area contributed by atoms with Crippen LogP contribution in [0.25, 0.3) is 0 Å². The number of nitrogens with zero attached hydrogens (tertiary/aromatic N) is 4. The number of carbonyl (C=O) groups excluding carboxylic acids is 1. The second-order valence-corrected chi connectivity index (χ2v) is 10.8. The zero-order valence-corrected chi connectivity index (χ0v) is 24.2. The van der Waals surface area contributed by atoms with Gasteiger partial charge in [-0.15, -0.1) is 0 Å². The van der Waals surface area contributed by atoms with Crippen molar-refractivity contribution in [3.05, 3.63) is 64.4 Å². The summed E-state index contributed by atoms with van der Waals surface area (Å²) in [4.78, 5) is 25.7. The van der Waals surface area contributed by atoms with Gasteiger partial charge < -0.3 is 25.0 Å². The van der Waals surface area contributed by atoms with Crippen LogP contribution < -0.4 is 20.1 Å². The lowest BCUT2D eigenvalue weighted by molar-refractivity contribution is -0.138. The molecule has 2 aliphatic rings. The Balaban J connectivity index is 1.34. The Morgan fingerprint density at radius 1 is 1.19 bits per heavy atom. The Kier molecular flexibility index (Phi) is 8.76. The number of piperazine rings is 1. The van der Waals surface area contributed by atoms with Gasteiger partial charge in [0.05, 0.1) is 16.6 Å². The van der Waals surface area contributed by atoms with Gasteiger partial charge in [0, 0.05) is 43.5 Å². The largest absolute Gasteiger partial charge is 0.483 e. The van der Waals surface area contributed by atoms with Gasteiger partial charge in [0.15, 0.2) is 5.82 Å². The monoisotopic (exact) mass is 604 g/mol. The molecule has 1 aromatic heterocycles. The van der Waals surface area contributed by atoms with Crippen molar-refractivity contribution in [2.45, 2.75) is 39.0 Å². The van der Waals surface area contributed by atoms with E-state index in [1.54, 1.807) is 6.92 Å². The first-order valence-electron chi connectivity index (χ1n) is 13.7. The highest BCUT2D eigenvalue weighted by atomic mass is 35.5. The topological polar surface area (TPSA) is 91.9 Å². The number of hydrogen-bond acceptors (Lipinski definition) is 8. The van der Waals surface area contributed by atoms with Gasteiger partial charge in [0.1, 0.15) is 18.7 Å². The second-order valence-electron chi connectivity index (χ2n) is 10.4. The molecule has 13 heteroatoms. The van der Waals surface area contributed by atoms with E-state index in [4.69, 9.17) is 21.1 Å². The van der Waals surface area contributed by atoms with E-state index in [1.807, 2.05) is 6.92 Å². The van der Waals surface area contributed by atoms with Gasteiger partial charge in [0.25, 0.3) is 11.8 Å². The molecule has 224 valence electrons. The Labute approximate surface area is 247 Å². The number of benzene rings is 2. The number of nitrogens with one attached hydrogen (secondary N) is 2. The summed E-state index contributed by atoms with van der Waals surface area (Å²) in [5.41, 5.74) is -0.450. The van der Waals surface area contributed by atoms with E-state index in [-0.39, 0.29) is 39.5 Å². The van der Waals surface area contributed by atoms with Crippen molar-refractivity contribution >= 4 is 29.0 Å². The molecular weight excluding hydrogens is 573 g/mol. The molecule has 1 saturated heterocycles. The van der Waals surface area contributed by atoms with Crippen LogP contribution >= 0.6 is 11.6 Å². The Morgan fingerprint density at radius 3 is 2.67 bits per heavy atom. The van der Waals surface area contributed by atoms with Crippen LogP contribution in [0.3, 0.4) is 0 Å². The van der Waals surface area contributed by atoms with Crippen LogP contribution in [-0.4, -0.2) is 71.0 Å². The predicted molar refractivity (Wildman–Crippen MR) is 154 cm³/mol. The maximum absolute atomic E-state index is 14.2. The van der Waals surface area contributed by atoms with E-state index in [0.29, 0.717) is 31.3 Å². The van der Waals surface area contributed by atoms with Crippen LogP contribution in [0.1, 0.15) is 48.3 Å². The molecule has 1 fully saturated rings. The van der Waals surface area contributed by atoms with E-state index >= 15 is 0 Å². The number of ether oxygens (including phenoxy) is 2. The third-order valence-electron chi connectivity index (χ3n) is 7.50. The summed E-state index contributed by atoms with van der Waals surface area (Å²) in [6.07, 6.45) is -3.29. The second kappa shape index (κ2) is 12.3. The number of hydrogen-bond donors (Lipinski definition) is 2. The summed E-state index contributed by atoms with van der Waals surface area (Å²) in [5.74, 6) is 0.371. The lowest BCUT2D eigenvalue weighted by Gasteiger charge is -2.38. The van der Waals surface area contributed by atoms with Gasteiger partial charge in [-0.1, -0.05) is 24.6 Å². The minimum absolute atomic E-state index is 0.0231. The van der Waals surface area contributed by atoms with Crippen molar-refractivity contribution in [3.8, 4) is 17.4 Å². The highest BCUT2D eigenvalue weighted by molar-refractivity contribution is 6.32. The van der Waals surface area contributed by atoms with Crippen molar-refractivity contribution in [1.29, 1.82) is 0 Å². The van der Waals surface area contributed by atoms with Crippen LogP contribution in [0, 0.1) is 0 Å². The van der Waals surface area contributed by atoms with Gasteiger partial charge in [0.2, 0.25) is 5.75 Å². The molecule has 0 spiro atoms. The molecule has 3 heterocycles. The van der Waals surface area contributed by atoms with E-state index in [9.17, 15) is 18.0 Å². The standard InChI is InChI=1S/C29H32ClF3N6O3/c1-4-38-9-11-39(12-10-38)18(3)21-7-6-20(14-22(21)29(31,32)33)37-27(40)19-5-8-23(30)24(13-19)42-28-25-26(34-16-35-28)36-17(2)15-41-25/h5-8,13-14,16-18H,4,9-12,15H2,1-3H3,(H,37,40)(H,34,35,36)/t17-,18?/m1/s1. The number of fused-ring (bicyclic) bond motifs is 1. The molecule has 2 aromatic carbocycles. The highest BCUT2D eigenvalue weighted by Crippen LogP contribution is 2.40. The highest BCUT2D eigenvalue weighted by Gasteiger charge is 2.36. The molecule has 0 radical (unpaired) electrons. The maximum atomic E-state index is 14.2. The number of rotatable bonds is 7. The summed E-state index contributed by atoms with van der Waals surface area (Å²) in [6.45, 7) is 10.1. The molecule has 0 aliphatic carbocycles. The number of likely N-dealkylation sites (N-methyl/N-ethyl adjacent to an activating group) is 1. The zero-order valence-electron chi connectivity index (χ0n) is 23.5. The minimum atomic E-state index is -4.59. The molecule has 3 aromatic rings. The SMILES string of the molecule is CCN1CCN(C(C)c2ccc(NC(=O)c3ccc(Cl)c(Oc4ncnc5c4OC[C@@H](C)N5)c3)cc2C(F)(F)F)CC1. The van der Waals surface area contributed by atoms with Gasteiger partial charge in [-0.2, -0.15) is 18.2 Å². The summed E-state index contributed by atoms with van der Waals surface area (Å²) in [7, 11) is 0. The number of alkyl halides is 3. The zero-order chi connectivity index (χ0) is 30.0. The van der Waals surface area contributed by atoms with Crippen molar-refractivity contribution in [2.75, 3.05) is 50.0 Å². The van der Waals surface area contributed by atoms with E-state index in [0.717, 1.165) is 25.7 Å². The fourth-order valence-electron chi connectivity index (χ4n) is 5.08. The lowest BCUT2D eigenvalue weighted by Crippen LogP contribution is -2.47. The predicted octanol–water partition coefficient (Wildman–Crippen LogP) is 6.08. The maximum Gasteiger partial charge on any atom is 0.416 e. The van der Waals surface area contributed by atoms with E-state index in [1.165, 1.54) is 36.7 Å². The fourth-order valence-corrected chi connectivity index (χ4v) is 5.24. The summed E-state index contributed by atoms with van der Waals surface area (Å²) in [6, 6.07) is 7.84. The Bertz CT molecular complexity index is 1450. The molecule has 1 unspecified atom stereocenters. The molecule has 9 nitrogen and oxygen atoms in total. The van der Waals surface area contributed by atoms with Crippen LogP contribution in [-0.2, 0) is 6.18 Å². The van der Waals surface area contributed by atoms with Gasteiger partial charge in [-0.25, -0.2) is 4.98 Å². The molecule has 0 bridgehead atoms. The molecular formula is C29H32ClF3N6O3. The quantitative estimate of drug-likeness (QED) is 0.335. The average molecular weight is 605 g/mol. The van der Waals surface area contributed by atoms with E-state index < -0.39 is 23.7 Å². The normalized spacial score (nSPS) is 18.4. The molecule has 5 rings (SSSR count). The van der Waals surface area contributed by atoms with Crippen molar-refractivity contribution in [3.63, 3.8) is 0 Å². The van der Waals surface area contributed by atoms with Crippen molar-refractivity contribution < 1.29 is 27.4 Å². The Morgan fingerprint density at radius 2 is 1.95 bits per heavy atom. The first-order chi connectivity index (χ1) is 20.0. The van der Waals surface area contributed by atoms with Gasteiger partial charge >= 0.3 is 6.18 Å². The summed E-state index contributed by atoms with van der Waals surface area (Å²) < 4.78 is 54.1. The van der Waals surface area contributed by atoms with Gasteiger partial charge in [-0.3, -0.25) is 9.69 Å². The third kappa shape index (κ3) is 6.55. The van der Waals surface area contributed by atoms with E-state index in [2.05, 4.69) is 37.3 Å². The Hall–Kier alpha value is -3.61. The van der Waals surface area contributed by atoms with Crippen LogP contribution in [0.4, 0.5) is 24.7 Å². The van der Waals surface area contributed by atoms with Gasteiger partial charge in [-0.05, 0) is 56.3 Å². The molecule has 2 aliphatic heterocycles. The fraction of sp³-hybridized carbons (Fsp3) is 0.414. The average Bonchev–Trinajstić information content (AvgIpc) is 2.97. The number of halogens is 4. The lowest BCUT2D eigenvalue weighted by atomic mass is 9.98. The number of anilines is 2. The summed E-state index contributed by atoms with van der Waals surface area (Å²) in [5, 5.41) is 5.95. The first kappa shape index (κ1) is 29.9. The van der Waals surface area contributed by atoms with Crippen molar-refractivity contribution in [2.24, 2.45) is 0 Å². The smallest absolute Gasteiger partial charge is 0.416 e. The summed E-state index contributed by atoms with van der Waals surface area (Å²) >= 11 is 6.33. The van der Waals surface area contributed by atoms with Crippen LogP contribution in [0.2, 0.25) is 5.02 Å². The van der Waals surface area contributed by atoms with Crippen LogP contribution in [0.5, 0.6) is 17.4 Å². The van der Waals surface area contributed by atoms with Crippen LogP contribution in [0.15, 0.2) is 42.7 Å².